The summed E-state index contributed by atoms with van der Waals surface area (Å²) in [6, 6.07) is 9.24. The molecule has 1 aromatic heterocycles. The van der Waals surface area contributed by atoms with E-state index in [1.165, 1.54) is 0 Å². The molecule has 1 aliphatic rings. The fourth-order valence-corrected chi connectivity index (χ4v) is 4.70. The summed E-state index contributed by atoms with van der Waals surface area (Å²) in [6.45, 7) is -0.165. The minimum absolute atomic E-state index is 0.154. The van der Waals surface area contributed by atoms with E-state index in [1.54, 1.807) is 0 Å². The van der Waals surface area contributed by atoms with Crippen LogP contribution in [-0.4, -0.2) is 35.6 Å². The van der Waals surface area contributed by atoms with Gasteiger partial charge < -0.3 is 9.15 Å². The van der Waals surface area contributed by atoms with Gasteiger partial charge in [-0.3, -0.25) is 4.79 Å². The highest BCUT2D eigenvalue weighted by Gasteiger charge is 2.29. The molecule has 1 saturated carbocycles. The van der Waals surface area contributed by atoms with Crippen molar-refractivity contribution in [2.75, 3.05) is 5.75 Å². The second-order valence-corrected chi connectivity index (χ2v) is 8.45. The Hall–Kier alpha value is -2.22. The molecule has 1 aliphatic carbocycles. The van der Waals surface area contributed by atoms with Crippen LogP contribution in [0.5, 0.6) is 0 Å². The molecule has 25 heavy (non-hydrogen) atoms. The highest BCUT2D eigenvalue weighted by molar-refractivity contribution is 7.92. The summed E-state index contributed by atoms with van der Waals surface area (Å²) in [5.74, 6) is -0.238. The zero-order chi connectivity index (χ0) is 17.7. The van der Waals surface area contributed by atoms with E-state index in [4.69, 9.17) is 9.15 Å². The van der Waals surface area contributed by atoms with Gasteiger partial charge in [0.1, 0.15) is 0 Å². The Kier molecular flexibility index (Phi) is 5.47. The van der Waals surface area contributed by atoms with Crippen molar-refractivity contribution >= 4 is 15.8 Å². The van der Waals surface area contributed by atoms with Gasteiger partial charge >= 0.3 is 5.97 Å². The van der Waals surface area contributed by atoms with Crippen LogP contribution in [0.25, 0.3) is 11.5 Å². The summed E-state index contributed by atoms with van der Waals surface area (Å²) in [5, 5.41) is 7.42. The first-order valence-electron chi connectivity index (χ1n) is 8.29. The summed E-state index contributed by atoms with van der Waals surface area (Å²) >= 11 is 0. The van der Waals surface area contributed by atoms with Gasteiger partial charge in [-0.05, 0) is 25.0 Å². The monoisotopic (exact) mass is 364 g/mol. The molecule has 0 unspecified atom stereocenters. The Morgan fingerprint density at radius 2 is 1.88 bits per heavy atom. The van der Waals surface area contributed by atoms with Crippen molar-refractivity contribution in [2.45, 2.75) is 44.0 Å². The minimum Gasteiger partial charge on any atom is -0.456 e. The quantitative estimate of drug-likeness (QED) is 0.696. The Morgan fingerprint density at radius 3 is 2.60 bits per heavy atom. The van der Waals surface area contributed by atoms with Crippen molar-refractivity contribution in [1.82, 2.24) is 10.2 Å². The lowest BCUT2D eigenvalue weighted by molar-refractivity contribution is -0.145. The van der Waals surface area contributed by atoms with Gasteiger partial charge in [0.25, 0.3) is 5.89 Å². The molecule has 8 heteroatoms. The van der Waals surface area contributed by atoms with E-state index in [0.29, 0.717) is 18.7 Å². The van der Waals surface area contributed by atoms with Gasteiger partial charge in [0, 0.05) is 5.56 Å². The summed E-state index contributed by atoms with van der Waals surface area (Å²) in [6.07, 6.45) is 3.12. The van der Waals surface area contributed by atoms with Crippen molar-refractivity contribution in [3.05, 3.63) is 36.2 Å². The molecule has 0 bridgehead atoms. The van der Waals surface area contributed by atoms with E-state index < -0.39 is 15.8 Å². The average Bonchev–Trinajstić information content (AvgIpc) is 3.31. The van der Waals surface area contributed by atoms with E-state index in [1.807, 2.05) is 30.3 Å². The topological polar surface area (TPSA) is 99.4 Å². The Balaban J connectivity index is 1.47. The van der Waals surface area contributed by atoms with Gasteiger partial charge in [0.15, 0.2) is 16.4 Å². The lowest BCUT2D eigenvalue weighted by atomic mass is 10.2. The number of ether oxygens (including phenoxy) is 1. The van der Waals surface area contributed by atoms with Crippen LogP contribution in [0.2, 0.25) is 0 Å². The largest absolute Gasteiger partial charge is 0.456 e. The lowest BCUT2D eigenvalue weighted by Gasteiger charge is -2.10. The zero-order valence-corrected chi connectivity index (χ0v) is 14.6. The first-order chi connectivity index (χ1) is 12.0. The van der Waals surface area contributed by atoms with Gasteiger partial charge in [-0.2, -0.15) is 0 Å². The number of hydrogen-bond acceptors (Lipinski definition) is 7. The molecular formula is C17H20N2O5S. The predicted molar refractivity (Wildman–Crippen MR) is 90.2 cm³/mol. The number of sulfone groups is 1. The first-order valence-corrected chi connectivity index (χ1v) is 10.0. The highest BCUT2D eigenvalue weighted by Crippen LogP contribution is 2.25. The minimum atomic E-state index is -3.22. The Bertz CT molecular complexity index is 811. The molecule has 1 aromatic carbocycles. The van der Waals surface area contributed by atoms with E-state index in [2.05, 4.69) is 10.2 Å². The van der Waals surface area contributed by atoms with Crippen LogP contribution in [0.4, 0.5) is 0 Å². The average molecular weight is 364 g/mol. The van der Waals surface area contributed by atoms with Gasteiger partial charge in [-0.25, -0.2) is 8.42 Å². The summed E-state index contributed by atoms with van der Waals surface area (Å²) < 4.78 is 34.7. The Morgan fingerprint density at radius 1 is 1.16 bits per heavy atom. The third-order valence-electron chi connectivity index (χ3n) is 4.24. The maximum absolute atomic E-state index is 12.1. The number of rotatable bonds is 7. The van der Waals surface area contributed by atoms with Gasteiger partial charge in [-0.15, -0.1) is 10.2 Å². The maximum Gasteiger partial charge on any atom is 0.307 e. The Labute approximate surface area is 146 Å². The molecule has 0 radical (unpaired) electrons. The van der Waals surface area contributed by atoms with Crippen molar-refractivity contribution in [3.63, 3.8) is 0 Å². The van der Waals surface area contributed by atoms with Crippen LogP contribution in [0, 0.1) is 0 Å². The van der Waals surface area contributed by atoms with Crippen molar-refractivity contribution < 1.29 is 22.4 Å². The van der Waals surface area contributed by atoms with E-state index in [9.17, 15) is 13.2 Å². The molecule has 1 heterocycles. The third-order valence-corrected chi connectivity index (χ3v) is 6.51. The molecule has 3 rings (SSSR count). The van der Waals surface area contributed by atoms with Crippen molar-refractivity contribution in [1.29, 1.82) is 0 Å². The number of hydrogen-bond donors (Lipinski definition) is 0. The van der Waals surface area contributed by atoms with Crippen LogP contribution < -0.4 is 0 Å². The molecule has 0 amide bonds. The lowest BCUT2D eigenvalue weighted by Crippen LogP contribution is -2.23. The molecule has 0 atom stereocenters. The van der Waals surface area contributed by atoms with Crippen LogP contribution in [-0.2, 0) is 26.0 Å². The predicted octanol–water partition coefficient (Wildman–Crippen LogP) is 2.53. The summed E-state index contributed by atoms with van der Waals surface area (Å²) in [7, 11) is -3.22. The fraction of sp³-hybridized carbons (Fsp3) is 0.471. The summed E-state index contributed by atoms with van der Waals surface area (Å²) in [5.41, 5.74) is 0.773. The third kappa shape index (κ3) is 4.66. The number of carbonyl (C=O) groups is 1. The summed E-state index contributed by atoms with van der Waals surface area (Å²) in [4.78, 5) is 11.8. The van der Waals surface area contributed by atoms with Crippen LogP contribution in [0.1, 0.15) is 38.0 Å². The molecule has 0 saturated heterocycles. The molecule has 0 spiro atoms. The van der Waals surface area contributed by atoms with E-state index >= 15 is 0 Å². The van der Waals surface area contributed by atoms with Crippen LogP contribution in [0.3, 0.4) is 0 Å². The fourth-order valence-electron chi connectivity index (χ4n) is 2.86. The molecule has 7 nitrogen and oxygen atoms in total. The number of benzene rings is 1. The van der Waals surface area contributed by atoms with Crippen LogP contribution >= 0.6 is 0 Å². The van der Waals surface area contributed by atoms with Crippen molar-refractivity contribution in [2.24, 2.45) is 0 Å². The number of nitrogens with zero attached hydrogens (tertiary/aromatic N) is 2. The van der Waals surface area contributed by atoms with Gasteiger partial charge in [0.2, 0.25) is 5.89 Å². The van der Waals surface area contributed by atoms with Crippen molar-refractivity contribution in [3.8, 4) is 11.5 Å². The van der Waals surface area contributed by atoms with Gasteiger partial charge in [0.05, 0.1) is 17.4 Å². The smallest absolute Gasteiger partial charge is 0.307 e. The SMILES string of the molecule is O=C(CCS(=O)(=O)C1CCCC1)OCc1nnc(-c2ccccc2)o1. The molecule has 0 N–H and O–H groups in total. The van der Waals surface area contributed by atoms with E-state index in [-0.39, 0.29) is 29.9 Å². The second-order valence-electron chi connectivity index (χ2n) is 6.05. The first kappa shape index (κ1) is 17.6. The highest BCUT2D eigenvalue weighted by atomic mass is 32.2. The van der Waals surface area contributed by atoms with Gasteiger partial charge in [-0.1, -0.05) is 31.0 Å². The van der Waals surface area contributed by atoms with Crippen LogP contribution in [0.15, 0.2) is 34.7 Å². The normalized spacial score (nSPS) is 15.4. The number of carbonyl (C=O) groups excluding carboxylic acids is 1. The number of aromatic nitrogens is 2. The number of esters is 1. The zero-order valence-electron chi connectivity index (χ0n) is 13.8. The second kappa shape index (κ2) is 7.77. The molecule has 1 fully saturated rings. The maximum atomic E-state index is 12.1. The standard InChI is InChI=1S/C17H20N2O5S/c20-16(10-11-25(21,22)14-8-4-5-9-14)23-12-15-18-19-17(24-15)13-6-2-1-3-7-13/h1-3,6-7,14H,4-5,8-12H2. The van der Waals surface area contributed by atoms with E-state index in [0.717, 1.165) is 18.4 Å². The molecule has 0 aliphatic heterocycles. The molecule has 2 aromatic rings. The molecule has 134 valence electrons. The molecular weight excluding hydrogens is 344 g/mol.